The van der Waals surface area contributed by atoms with Gasteiger partial charge in [-0.1, -0.05) is 35.9 Å². The van der Waals surface area contributed by atoms with E-state index in [9.17, 15) is 22.8 Å². The highest BCUT2D eigenvalue weighted by Crippen LogP contribution is 2.26. The van der Waals surface area contributed by atoms with Crippen LogP contribution in [-0.2, 0) is 11.3 Å². The second-order valence-electron chi connectivity index (χ2n) is 9.25. The largest absolute Gasteiger partial charge is 0.390 e. The predicted octanol–water partition coefficient (Wildman–Crippen LogP) is 5.69. The Morgan fingerprint density at radius 2 is 2.05 bits per heavy atom. The van der Waals surface area contributed by atoms with Gasteiger partial charge in [-0.25, -0.2) is 4.98 Å². The number of hydrogen-bond acceptors (Lipinski definition) is 4. The zero-order chi connectivity index (χ0) is 27.0. The molecule has 2 atom stereocenters. The maximum absolute atomic E-state index is 12.5. The summed E-state index contributed by atoms with van der Waals surface area (Å²) in [6.45, 7) is 5.83. The summed E-state index contributed by atoms with van der Waals surface area (Å²) in [4.78, 5) is 31.3. The Morgan fingerprint density at radius 3 is 2.73 bits per heavy atom. The van der Waals surface area contributed by atoms with E-state index < -0.39 is 12.6 Å². The molecule has 2 amide bonds. The van der Waals surface area contributed by atoms with E-state index in [-0.39, 0.29) is 18.5 Å². The van der Waals surface area contributed by atoms with Crippen molar-refractivity contribution in [3.8, 4) is 0 Å². The van der Waals surface area contributed by atoms with Crippen LogP contribution >= 0.6 is 11.6 Å². The smallest absolute Gasteiger partial charge is 0.336 e. The van der Waals surface area contributed by atoms with Gasteiger partial charge in [-0.05, 0) is 51.8 Å². The molecular weight excluding hydrogens is 507 g/mol. The number of halogens is 4. The summed E-state index contributed by atoms with van der Waals surface area (Å²) in [5, 5.41) is 3.27. The lowest BCUT2D eigenvalue weighted by atomic mass is 10.1. The van der Waals surface area contributed by atoms with E-state index in [0.29, 0.717) is 41.4 Å². The van der Waals surface area contributed by atoms with Gasteiger partial charge in [0.2, 0.25) is 6.41 Å². The molecule has 202 valence electrons. The average Bonchev–Trinajstić information content (AvgIpc) is 3.50. The van der Waals surface area contributed by atoms with Crippen LogP contribution in [0.2, 0.25) is 5.02 Å². The Hall–Kier alpha value is -2.85. The topological polar surface area (TPSA) is 70.5 Å². The molecule has 3 heterocycles. The van der Waals surface area contributed by atoms with Crippen LogP contribution in [0.4, 0.5) is 18.9 Å². The van der Waals surface area contributed by atoms with E-state index >= 15 is 0 Å². The summed E-state index contributed by atoms with van der Waals surface area (Å²) in [5.41, 5.74) is 1.02. The van der Waals surface area contributed by atoms with Crippen molar-refractivity contribution in [3.05, 3.63) is 59.2 Å². The number of alkyl halides is 3. The number of aromatic nitrogens is 2. The summed E-state index contributed by atoms with van der Waals surface area (Å²) in [6, 6.07) is 7.37. The second-order valence-corrected chi connectivity index (χ2v) is 9.66. The Balaban J connectivity index is 0.000000222. The Labute approximate surface area is 220 Å². The molecule has 0 saturated carbocycles. The Kier molecular flexibility index (Phi) is 10.2. The van der Waals surface area contributed by atoms with E-state index in [0.717, 1.165) is 32.2 Å². The maximum atomic E-state index is 12.5. The number of nitrogens with zero attached hydrogens (tertiary/aromatic N) is 4. The number of benzene rings is 1. The highest BCUT2D eigenvalue weighted by Gasteiger charge is 2.31. The van der Waals surface area contributed by atoms with Crippen LogP contribution in [0, 0.1) is 0 Å². The monoisotopic (exact) mass is 539 g/mol. The molecule has 0 spiro atoms. The van der Waals surface area contributed by atoms with Crippen LogP contribution in [0.15, 0.2) is 42.6 Å². The molecule has 7 nitrogen and oxygen atoms in total. The van der Waals surface area contributed by atoms with E-state index in [4.69, 9.17) is 11.6 Å². The zero-order valence-electron chi connectivity index (χ0n) is 21.0. The zero-order valence-corrected chi connectivity index (χ0v) is 21.8. The summed E-state index contributed by atoms with van der Waals surface area (Å²) in [5.74, 6) is 0.438. The van der Waals surface area contributed by atoms with Crippen LogP contribution in [0.1, 0.15) is 61.9 Å². The molecule has 1 N–H and O–H groups in total. The maximum Gasteiger partial charge on any atom is 0.390 e. The first kappa shape index (κ1) is 28.7. The van der Waals surface area contributed by atoms with Gasteiger partial charge in [0.05, 0.1) is 35.9 Å². The van der Waals surface area contributed by atoms with Crippen molar-refractivity contribution in [2.24, 2.45) is 0 Å². The van der Waals surface area contributed by atoms with Gasteiger partial charge >= 0.3 is 6.18 Å². The number of nitrogens with one attached hydrogen (secondary N) is 1. The molecule has 2 unspecified atom stereocenters. The normalized spacial score (nSPS) is 19.9. The fraction of sp³-hybridized carbons (Fsp3) is 0.500. The van der Waals surface area contributed by atoms with Crippen molar-refractivity contribution in [3.63, 3.8) is 0 Å². The molecule has 37 heavy (non-hydrogen) atoms. The third-order valence-corrected chi connectivity index (χ3v) is 6.82. The highest BCUT2D eigenvalue weighted by molar-refractivity contribution is 6.33. The molecule has 1 fully saturated rings. The number of likely N-dealkylation sites (tertiary alicyclic amines) is 1. The Bertz CT molecular complexity index is 1090. The fourth-order valence-electron chi connectivity index (χ4n) is 4.69. The fourth-order valence-corrected chi connectivity index (χ4v) is 4.88. The van der Waals surface area contributed by atoms with Gasteiger partial charge in [0, 0.05) is 19.1 Å². The number of imidazole rings is 1. The molecule has 2 aromatic rings. The minimum atomic E-state index is -4.02. The molecule has 0 radical (unpaired) electrons. The quantitative estimate of drug-likeness (QED) is 0.362. The van der Waals surface area contributed by atoms with Crippen molar-refractivity contribution >= 4 is 29.6 Å². The van der Waals surface area contributed by atoms with Gasteiger partial charge in [-0.3, -0.25) is 14.5 Å². The number of amides is 2. The summed E-state index contributed by atoms with van der Waals surface area (Å²) < 4.78 is 38.0. The molecule has 2 aliphatic rings. The molecule has 1 aromatic heterocycles. The molecule has 2 aliphatic heterocycles. The van der Waals surface area contributed by atoms with Crippen molar-refractivity contribution in [2.45, 2.75) is 64.3 Å². The van der Waals surface area contributed by atoms with Crippen LogP contribution in [0.5, 0.6) is 0 Å². The number of carbonyl (C=O) groups excluding carboxylic acids is 2. The number of allylic oxidation sites excluding steroid dienone is 1. The first-order valence-corrected chi connectivity index (χ1v) is 12.7. The second kappa shape index (κ2) is 13.1. The third kappa shape index (κ3) is 8.07. The van der Waals surface area contributed by atoms with Gasteiger partial charge in [0.1, 0.15) is 11.5 Å². The number of para-hydroxylation sites is 1. The standard InChI is InChI=1S/C15H15ClN4O2.C11H18F3N/c1-10-7-19(9-21)8-14-17-6-13(20(10)14)15(22)18-12-5-3-2-4-11(12)16;1-2-3-5-10-6-4-8-15(10)9-7-11(12,13)14/h2-6,9-10H,7-8H2,1H3,(H,18,22);2-3,10H,4-9H2,1H3/b;3-2+. The minimum absolute atomic E-state index is 0.0107. The summed E-state index contributed by atoms with van der Waals surface area (Å²) >= 11 is 6.06. The molecule has 0 aliphatic carbocycles. The lowest BCUT2D eigenvalue weighted by Crippen LogP contribution is -2.37. The molecular formula is C26H33ClF3N5O2. The van der Waals surface area contributed by atoms with Gasteiger partial charge in [-0.15, -0.1) is 0 Å². The SMILES string of the molecule is C/C=C/CC1CCCN1CCC(F)(F)F.CC1CN(C=O)Cc2ncc(C(=O)Nc3ccccc3Cl)n21. The predicted molar refractivity (Wildman–Crippen MR) is 138 cm³/mol. The van der Waals surface area contributed by atoms with E-state index in [2.05, 4.69) is 10.3 Å². The molecule has 1 aromatic carbocycles. The molecule has 4 rings (SSSR count). The number of anilines is 1. The van der Waals surface area contributed by atoms with Crippen LogP contribution in [0.25, 0.3) is 0 Å². The third-order valence-electron chi connectivity index (χ3n) is 6.49. The van der Waals surface area contributed by atoms with Gasteiger partial charge in [-0.2, -0.15) is 13.2 Å². The van der Waals surface area contributed by atoms with Gasteiger partial charge < -0.3 is 14.8 Å². The van der Waals surface area contributed by atoms with Crippen molar-refractivity contribution in [2.75, 3.05) is 25.0 Å². The first-order chi connectivity index (χ1) is 17.6. The Morgan fingerprint density at radius 1 is 1.30 bits per heavy atom. The van der Waals surface area contributed by atoms with Gasteiger partial charge in [0.25, 0.3) is 5.91 Å². The van der Waals surface area contributed by atoms with Crippen LogP contribution < -0.4 is 5.32 Å². The molecule has 0 bridgehead atoms. The van der Waals surface area contributed by atoms with Crippen molar-refractivity contribution in [1.82, 2.24) is 19.4 Å². The highest BCUT2D eigenvalue weighted by atomic mass is 35.5. The number of fused-ring (bicyclic) bond motifs is 1. The van der Waals surface area contributed by atoms with Crippen LogP contribution in [0.3, 0.4) is 0 Å². The van der Waals surface area contributed by atoms with Crippen molar-refractivity contribution < 1.29 is 22.8 Å². The number of hydrogen-bond donors (Lipinski definition) is 1. The van der Waals surface area contributed by atoms with Crippen molar-refractivity contribution in [1.29, 1.82) is 0 Å². The van der Waals surface area contributed by atoms with E-state index in [1.54, 1.807) is 29.2 Å². The first-order valence-electron chi connectivity index (χ1n) is 12.4. The van der Waals surface area contributed by atoms with E-state index in [1.165, 1.54) is 6.20 Å². The number of carbonyl (C=O) groups is 2. The summed E-state index contributed by atoms with van der Waals surface area (Å²) in [7, 11) is 0. The number of rotatable bonds is 7. The van der Waals surface area contributed by atoms with Gasteiger partial charge in [0.15, 0.2) is 0 Å². The van der Waals surface area contributed by atoms with E-state index in [1.807, 2.05) is 35.5 Å². The summed E-state index contributed by atoms with van der Waals surface area (Å²) in [6.07, 6.45) is 4.57. The van der Waals surface area contributed by atoms with Crippen LogP contribution in [-0.4, -0.2) is 63.5 Å². The molecule has 1 saturated heterocycles. The molecule has 11 heteroatoms. The minimum Gasteiger partial charge on any atom is -0.336 e. The average molecular weight is 540 g/mol. The lowest BCUT2D eigenvalue weighted by Gasteiger charge is -2.30. The lowest BCUT2D eigenvalue weighted by molar-refractivity contribution is -0.138.